The van der Waals surface area contributed by atoms with E-state index in [2.05, 4.69) is 85.4 Å². The number of aromatic nitrogens is 1. The molecule has 5 rings (SSSR count). The van der Waals surface area contributed by atoms with Gasteiger partial charge in [-0.2, -0.15) is 0 Å². The molecule has 2 aliphatic rings. The number of rotatable bonds is 7. The van der Waals surface area contributed by atoms with Crippen molar-refractivity contribution in [2.24, 2.45) is 5.41 Å². The number of hydrogen-bond donors (Lipinski definition) is 0. The summed E-state index contributed by atoms with van der Waals surface area (Å²) in [6.45, 7) is 14.0. The van der Waals surface area contributed by atoms with Crippen LogP contribution in [-0.2, 0) is 23.4 Å². The smallest absolute Gasteiger partial charge is 0.254 e. The average molecular weight is 461 g/mol. The van der Waals surface area contributed by atoms with Gasteiger partial charge in [-0.3, -0.25) is 4.79 Å². The van der Waals surface area contributed by atoms with Crippen LogP contribution >= 0.6 is 0 Å². The van der Waals surface area contributed by atoms with Crippen molar-refractivity contribution in [2.45, 2.75) is 64.6 Å². The van der Waals surface area contributed by atoms with Crippen molar-refractivity contribution in [2.75, 3.05) is 13.2 Å². The lowest BCUT2D eigenvalue weighted by Gasteiger charge is -2.28. The highest BCUT2D eigenvalue weighted by Gasteiger charge is 2.56. The molecule has 0 bridgehead atoms. The predicted molar refractivity (Wildman–Crippen MR) is 137 cm³/mol. The third-order valence-electron chi connectivity index (χ3n) is 7.61. The van der Waals surface area contributed by atoms with Crippen molar-refractivity contribution in [1.82, 2.24) is 9.47 Å². The summed E-state index contributed by atoms with van der Waals surface area (Å²) in [5.74, 6) is 0.187. The van der Waals surface area contributed by atoms with E-state index >= 15 is 0 Å². The zero-order valence-corrected chi connectivity index (χ0v) is 21.6. The second kappa shape index (κ2) is 7.85. The summed E-state index contributed by atoms with van der Waals surface area (Å²) in [7, 11) is -1.12. The zero-order chi connectivity index (χ0) is 23.4. The van der Waals surface area contributed by atoms with Crippen molar-refractivity contribution < 1.29 is 9.53 Å². The lowest BCUT2D eigenvalue weighted by Crippen LogP contribution is -2.35. The maximum absolute atomic E-state index is 13.2. The summed E-state index contributed by atoms with van der Waals surface area (Å²) >= 11 is 0. The van der Waals surface area contributed by atoms with Crippen LogP contribution in [-0.4, -0.2) is 36.6 Å². The van der Waals surface area contributed by atoms with Crippen LogP contribution in [0.3, 0.4) is 0 Å². The van der Waals surface area contributed by atoms with E-state index in [1.165, 1.54) is 28.2 Å². The maximum Gasteiger partial charge on any atom is 0.254 e. The second-order valence-electron chi connectivity index (χ2n) is 11.8. The molecular formula is C28H36N2O2Si. The SMILES string of the molecule is C[C@@]1(Cc2cc3ccccc3n2COCC[Si](C)(C)C)CN2C(=O)c3ccccc3[C@]2(C)C1. The standard InChI is InChI=1S/C28H36N2O2Si/c1-27(18-28(2)24-12-8-7-11-23(24)26(31)30(28)19-27)17-22-16-21-10-6-9-13-25(21)29(22)20-32-14-15-33(3,4)5/h6-13,16H,14-15,17-20H2,1-5H3/t27-,28-/m0/s1. The Bertz CT molecular complexity index is 1210. The summed E-state index contributed by atoms with van der Waals surface area (Å²) < 4.78 is 8.54. The molecule has 2 atom stereocenters. The molecule has 2 aliphatic heterocycles. The molecule has 0 N–H and O–H groups in total. The van der Waals surface area contributed by atoms with E-state index in [0.717, 1.165) is 31.6 Å². The van der Waals surface area contributed by atoms with E-state index in [1.807, 2.05) is 12.1 Å². The van der Waals surface area contributed by atoms with Crippen LogP contribution in [0.2, 0.25) is 25.7 Å². The van der Waals surface area contributed by atoms with Gasteiger partial charge in [-0.15, -0.1) is 0 Å². The molecule has 4 nitrogen and oxygen atoms in total. The first-order chi connectivity index (χ1) is 15.6. The molecule has 3 heterocycles. The van der Waals surface area contributed by atoms with Crippen LogP contribution in [0.5, 0.6) is 0 Å². The number of carbonyl (C=O) groups excluding carboxylic acids is 1. The van der Waals surface area contributed by atoms with Gasteiger partial charge in [0.2, 0.25) is 0 Å². The van der Waals surface area contributed by atoms with Crippen LogP contribution in [0.15, 0.2) is 54.6 Å². The Labute approximate surface area is 198 Å². The Morgan fingerprint density at radius 1 is 1.03 bits per heavy atom. The van der Waals surface area contributed by atoms with E-state index in [1.54, 1.807) is 0 Å². The fraction of sp³-hybridized carbons (Fsp3) is 0.464. The Morgan fingerprint density at radius 3 is 2.55 bits per heavy atom. The van der Waals surface area contributed by atoms with E-state index in [-0.39, 0.29) is 16.9 Å². The molecule has 1 fully saturated rings. The highest BCUT2D eigenvalue weighted by atomic mass is 28.3. The molecule has 33 heavy (non-hydrogen) atoms. The van der Waals surface area contributed by atoms with Gasteiger partial charge in [-0.05, 0) is 60.4 Å². The average Bonchev–Trinajstić information content (AvgIpc) is 3.30. The van der Waals surface area contributed by atoms with Gasteiger partial charge >= 0.3 is 0 Å². The first-order valence-corrected chi connectivity index (χ1v) is 15.9. The largest absolute Gasteiger partial charge is 0.361 e. The monoisotopic (exact) mass is 460 g/mol. The number of hydrogen-bond acceptors (Lipinski definition) is 2. The van der Waals surface area contributed by atoms with Crippen LogP contribution in [0.4, 0.5) is 0 Å². The molecule has 174 valence electrons. The van der Waals surface area contributed by atoms with Crippen molar-refractivity contribution in [3.05, 3.63) is 71.4 Å². The molecule has 3 aromatic rings. The summed E-state index contributed by atoms with van der Waals surface area (Å²) in [5.41, 5.74) is 4.41. The first kappa shape index (κ1) is 22.4. The number of amides is 1. The van der Waals surface area contributed by atoms with E-state index < -0.39 is 8.07 Å². The van der Waals surface area contributed by atoms with Gasteiger partial charge in [0.1, 0.15) is 6.73 Å². The Morgan fingerprint density at radius 2 is 1.76 bits per heavy atom. The van der Waals surface area contributed by atoms with E-state index in [9.17, 15) is 4.79 Å². The lowest BCUT2D eigenvalue weighted by atomic mass is 9.77. The van der Waals surface area contributed by atoms with Crippen LogP contribution in [0.25, 0.3) is 10.9 Å². The molecule has 1 aromatic heterocycles. The molecule has 0 spiro atoms. The van der Waals surface area contributed by atoms with Crippen LogP contribution in [0.1, 0.15) is 41.9 Å². The molecule has 1 saturated heterocycles. The highest BCUT2D eigenvalue weighted by molar-refractivity contribution is 6.76. The number of nitrogens with zero attached hydrogens (tertiary/aromatic N) is 2. The van der Waals surface area contributed by atoms with Crippen molar-refractivity contribution in [3.8, 4) is 0 Å². The fourth-order valence-corrected chi connectivity index (χ4v) is 6.77. The number of para-hydroxylation sites is 1. The van der Waals surface area contributed by atoms with Gasteiger partial charge in [0.05, 0.1) is 11.1 Å². The van der Waals surface area contributed by atoms with Gasteiger partial charge in [-0.25, -0.2) is 0 Å². The number of benzene rings is 2. The van der Waals surface area contributed by atoms with Crippen LogP contribution < -0.4 is 0 Å². The van der Waals surface area contributed by atoms with Crippen LogP contribution in [0, 0.1) is 5.41 Å². The molecule has 0 unspecified atom stereocenters. The Kier molecular flexibility index (Phi) is 5.33. The molecule has 2 aromatic carbocycles. The van der Waals surface area contributed by atoms with Crippen molar-refractivity contribution >= 4 is 24.9 Å². The van der Waals surface area contributed by atoms with Crippen molar-refractivity contribution in [1.29, 1.82) is 0 Å². The third-order valence-corrected chi connectivity index (χ3v) is 9.31. The zero-order valence-electron chi connectivity index (χ0n) is 20.6. The minimum atomic E-state index is -1.12. The van der Waals surface area contributed by atoms with Gasteiger partial charge in [0.15, 0.2) is 0 Å². The normalized spacial score (nSPS) is 24.5. The lowest BCUT2D eigenvalue weighted by molar-refractivity contribution is 0.0679. The Balaban J connectivity index is 1.41. The highest BCUT2D eigenvalue weighted by Crippen LogP contribution is 2.53. The molecule has 1 amide bonds. The van der Waals surface area contributed by atoms with Gasteiger partial charge in [-0.1, -0.05) is 63.0 Å². The predicted octanol–water partition coefficient (Wildman–Crippen LogP) is 6.28. The summed E-state index contributed by atoms with van der Waals surface area (Å²) in [6, 6.07) is 20.2. The fourth-order valence-electron chi connectivity index (χ4n) is 6.02. The topological polar surface area (TPSA) is 34.5 Å². The minimum absolute atomic E-state index is 0.0163. The summed E-state index contributed by atoms with van der Waals surface area (Å²) in [6.07, 6.45) is 1.90. The van der Waals surface area contributed by atoms with Gasteiger partial charge in [0.25, 0.3) is 5.91 Å². The van der Waals surface area contributed by atoms with Crippen molar-refractivity contribution in [3.63, 3.8) is 0 Å². The second-order valence-corrected chi connectivity index (χ2v) is 17.5. The quantitative estimate of drug-likeness (QED) is 0.307. The van der Waals surface area contributed by atoms with E-state index in [0.29, 0.717) is 6.73 Å². The van der Waals surface area contributed by atoms with Gasteiger partial charge < -0.3 is 14.2 Å². The maximum atomic E-state index is 13.2. The molecule has 0 aliphatic carbocycles. The summed E-state index contributed by atoms with van der Waals surface area (Å²) in [5, 5.41) is 1.26. The molecule has 0 radical (unpaired) electrons. The molecular weight excluding hydrogens is 424 g/mol. The number of ether oxygens (including phenoxy) is 1. The van der Waals surface area contributed by atoms with Gasteiger partial charge in [0, 0.05) is 32.5 Å². The third kappa shape index (κ3) is 3.95. The number of carbonyl (C=O) groups is 1. The minimum Gasteiger partial charge on any atom is -0.361 e. The molecule has 5 heteroatoms. The van der Waals surface area contributed by atoms with E-state index in [4.69, 9.17) is 4.74 Å². The molecule has 0 saturated carbocycles. The summed E-state index contributed by atoms with van der Waals surface area (Å²) in [4.78, 5) is 15.3. The Hall–Kier alpha value is -2.37. The first-order valence-electron chi connectivity index (χ1n) is 12.2. The number of fused-ring (bicyclic) bond motifs is 4.